The van der Waals surface area contributed by atoms with Crippen LogP contribution in [0.25, 0.3) is 0 Å². The van der Waals surface area contributed by atoms with Crippen molar-refractivity contribution in [3.63, 3.8) is 0 Å². The number of nitrogens with zero attached hydrogens (tertiary/aromatic N) is 1. The lowest BCUT2D eigenvalue weighted by molar-refractivity contribution is -0.137. The maximum absolute atomic E-state index is 13.3. The molecule has 2 aromatic rings. The number of hydrogen-bond donors (Lipinski definition) is 0. The quantitative estimate of drug-likeness (QED) is 0.273. The molecule has 1 aromatic carbocycles. The first kappa shape index (κ1) is 29.4. The molecule has 0 saturated carbocycles. The molecule has 1 aromatic heterocycles. The first-order chi connectivity index (χ1) is 18.5. The molecule has 3 heterocycles. The smallest absolute Gasteiger partial charge is 0.410 e. The molecule has 0 bridgehead atoms. The van der Waals surface area contributed by atoms with Crippen molar-refractivity contribution in [3.05, 3.63) is 63.5 Å². The Labute approximate surface area is 235 Å². The van der Waals surface area contributed by atoms with E-state index in [4.69, 9.17) is 18.9 Å². The molecule has 0 radical (unpaired) electrons. The van der Waals surface area contributed by atoms with E-state index < -0.39 is 31.8 Å². The summed E-state index contributed by atoms with van der Waals surface area (Å²) in [5.41, 5.74) is 2.82. The van der Waals surface area contributed by atoms with Crippen molar-refractivity contribution in [2.24, 2.45) is 5.41 Å². The molecule has 2 aliphatic heterocycles. The fraction of sp³-hybridized carbons (Fsp3) is 0.613. The van der Waals surface area contributed by atoms with Gasteiger partial charge >= 0.3 is 6.18 Å². The number of carbonyl (C=O) groups is 1. The van der Waals surface area contributed by atoms with Gasteiger partial charge < -0.3 is 13.9 Å². The average molecular weight is 576 g/mol. The van der Waals surface area contributed by atoms with Gasteiger partial charge in [-0.15, -0.1) is 0 Å². The summed E-state index contributed by atoms with van der Waals surface area (Å²) in [5.74, 6) is 0. The van der Waals surface area contributed by atoms with Crippen molar-refractivity contribution >= 4 is 14.6 Å². The lowest BCUT2D eigenvalue weighted by atomic mass is 9.70. The van der Waals surface area contributed by atoms with Crippen LogP contribution in [-0.4, -0.2) is 32.8 Å². The average Bonchev–Trinajstić information content (AvgIpc) is 3.16. The normalized spacial score (nSPS) is 24.1. The van der Waals surface area contributed by atoms with Crippen molar-refractivity contribution < 1.29 is 31.9 Å². The van der Waals surface area contributed by atoms with Gasteiger partial charge in [-0.05, 0) is 54.1 Å². The zero-order valence-electron chi connectivity index (χ0n) is 24.5. The van der Waals surface area contributed by atoms with E-state index in [0.717, 1.165) is 41.7 Å². The minimum Gasteiger partial charge on any atom is -0.410 e. The SMILES string of the molecule is CC1(C)Cc2nc(C=O)c3c(c2[C@@H](O[Si](C)(C)C(C)(C)C)C1)C1(CCOCC1)O[C@@H]3c1ccc(C(F)(F)F)cc1. The number of fused-ring (bicyclic) bond motifs is 4. The van der Waals surface area contributed by atoms with Gasteiger partial charge in [-0.25, -0.2) is 4.98 Å². The first-order valence-corrected chi connectivity index (χ1v) is 17.0. The molecule has 3 aliphatic rings. The molecule has 1 spiro atoms. The second-order valence-electron chi connectivity index (χ2n) is 13.9. The number of rotatable bonds is 4. The van der Waals surface area contributed by atoms with Crippen LogP contribution in [0.3, 0.4) is 0 Å². The number of aldehydes is 1. The second kappa shape index (κ2) is 9.75. The number of benzene rings is 1. The lowest BCUT2D eigenvalue weighted by Crippen LogP contribution is -2.45. The van der Waals surface area contributed by atoms with Crippen molar-refractivity contribution in [3.8, 4) is 0 Å². The minimum absolute atomic E-state index is 0.0102. The zero-order valence-corrected chi connectivity index (χ0v) is 25.5. The van der Waals surface area contributed by atoms with E-state index in [-0.39, 0.29) is 16.6 Å². The van der Waals surface area contributed by atoms with Crippen LogP contribution in [0.5, 0.6) is 0 Å². The summed E-state index contributed by atoms with van der Waals surface area (Å²) >= 11 is 0. The van der Waals surface area contributed by atoms with E-state index in [1.807, 2.05) is 0 Å². The predicted octanol–water partition coefficient (Wildman–Crippen LogP) is 8.07. The highest BCUT2D eigenvalue weighted by Gasteiger charge is 2.53. The number of alkyl halides is 3. The summed E-state index contributed by atoms with van der Waals surface area (Å²) in [4.78, 5) is 17.5. The van der Waals surface area contributed by atoms with Gasteiger partial charge in [0.25, 0.3) is 0 Å². The molecule has 0 unspecified atom stereocenters. The van der Waals surface area contributed by atoms with Crippen LogP contribution in [0.2, 0.25) is 18.1 Å². The summed E-state index contributed by atoms with van der Waals surface area (Å²) in [6.07, 6.45) is -1.94. The molecule has 1 fully saturated rings. The molecule has 1 aliphatic carbocycles. The van der Waals surface area contributed by atoms with Crippen molar-refractivity contribution in [1.82, 2.24) is 4.98 Å². The van der Waals surface area contributed by atoms with Gasteiger partial charge in [0.05, 0.1) is 17.3 Å². The fourth-order valence-corrected chi connectivity index (χ4v) is 7.53. The Morgan fingerprint density at radius 3 is 2.23 bits per heavy atom. The Bertz CT molecular complexity index is 1290. The number of halogens is 3. The molecule has 2 atom stereocenters. The predicted molar refractivity (Wildman–Crippen MR) is 149 cm³/mol. The largest absolute Gasteiger partial charge is 0.416 e. The topological polar surface area (TPSA) is 57.7 Å². The highest BCUT2D eigenvalue weighted by atomic mass is 28.4. The van der Waals surface area contributed by atoms with Crippen LogP contribution in [-0.2, 0) is 32.1 Å². The Balaban J connectivity index is 1.74. The molecular weight excluding hydrogens is 535 g/mol. The number of aromatic nitrogens is 1. The first-order valence-electron chi connectivity index (χ1n) is 14.1. The van der Waals surface area contributed by atoms with Gasteiger partial charge in [-0.1, -0.05) is 46.8 Å². The lowest BCUT2D eigenvalue weighted by Gasteiger charge is -2.46. The summed E-state index contributed by atoms with van der Waals surface area (Å²) in [6.45, 7) is 16.5. The summed E-state index contributed by atoms with van der Waals surface area (Å²) < 4.78 is 59.8. The second-order valence-corrected chi connectivity index (χ2v) is 18.7. The maximum Gasteiger partial charge on any atom is 0.416 e. The van der Waals surface area contributed by atoms with Crippen LogP contribution < -0.4 is 0 Å². The summed E-state index contributed by atoms with van der Waals surface area (Å²) in [5, 5.41) is -0.0102. The molecule has 0 N–H and O–H groups in total. The zero-order chi connectivity index (χ0) is 29.3. The highest BCUT2D eigenvalue weighted by molar-refractivity contribution is 6.74. The molecular formula is C31H40F3NO4Si. The molecule has 218 valence electrons. The monoisotopic (exact) mass is 575 g/mol. The third-order valence-corrected chi connectivity index (χ3v) is 13.8. The maximum atomic E-state index is 13.3. The number of hydrogen-bond acceptors (Lipinski definition) is 5. The van der Waals surface area contributed by atoms with Gasteiger partial charge in [0, 0.05) is 48.4 Å². The molecule has 5 rings (SSSR count). The van der Waals surface area contributed by atoms with Gasteiger partial charge in [0.2, 0.25) is 0 Å². The highest BCUT2D eigenvalue weighted by Crippen LogP contribution is 2.58. The number of ether oxygens (including phenoxy) is 2. The van der Waals surface area contributed by atoms with Gasteiger partial charge in [0.15, 0.2) is 14.6 Å². The third-order valence-electron chi connectivity index (χ3n) is 9.34. The van der Waals surface area contributed by atoms with E-state index in [2.05, 4.69) is 47.7 Å². The van der Waals surface area contributed by atoms with Crippen molar-refractivity contribution in [2.45, 2.75) is 102 Å². The molecule has 0 amide bonds. The Morgan fingerprint density at radius 1 is 1.05 bits per heavy atom. The van der Waals surface area contributed by atoms with E-state index in [0.29, 0.717) is 49.3 Å². The van der Waals surface area contributed by atoms with Crippen LogP contribution in [0.15, 0.2) is 24.3 Å². The molecule has 40 heavy (non-hydrogen) atoms. The third kappa shape index (κ3) is 5.08. The van der Waals surface area contributed by atoms with Crippen molar-refractivity contribution in [2.75, 3.05) is 13.2 Å². The van der Waals surface area contributed by atoms with E-state index in [9.17, 15) is 18.0 Å². The van der Waals surface area contributed by atoms with Crippen molar-refractivity contribution in [1.29, 1.82) is 0 Å². The molecule has 9 heteroatoms. The summed E-state index contributed by atoms with van der Waals surface area (Å²) in [6, 6.07) is 5.06. The Hall–Kier alpha value is -2.07. The number of pyridine rings is 1. The van der Waals surface area contributed by atoms with Crippen LogP contribution in [0.4, 0.5) is 13.2 Å². The van der Waals surface area contributed by atoms with Crippen LogP contribution in [0, 0.1) is 5.41 Å². The number of carbonyl (C=O) groups excluding carboxylic acids is 1. The van der Waals surface area contributed by atoms with E-state index in [1.165, 1.54) is 12.1 Å². The van der Waals surface area contributed by atoms with Crippen LogP contribution >= 0.6 is 0 Å². The van der Waals surface area contributed by atoms with Gasteiger partial charge in [-0.3, -0.25) is 4.79 Å². The van der Waals surface area contributed by atoms with Gasteiger partial charge in [-0.2, -0.15) is 13.2 Å². The van der Waals surface area contributed by atoms with Crippen LogP contribution in [0.1, 0.15) is 110 Å². The Kier molecular flexibility index (Phi) is 7.17. The molecule has 1 saturated heterocycles. The standard InChI is InChI=1S/C31H40F3NO4Si/c1-28(2,3)40(6,7)39-23-17-29(4,5)16-21-24(23)26-25(22(18-36)35-21)27(38-30(26)12-14-37-15-13-30)19-8-10-20(11-9-19)31(32,33)34/h8-11,18,23,27H,12-17H2,1-7H3/t23-,27+/m0/s1. The van der Waals surface area contributed by atoms with Gasteiger partial charge in [0.1, 0.15) is 11.8 Å². The molecule has 5 nitrogen and oxygen atoms in total. The summed E-state index contributed by atoms with van der Waals surface area (Å²) in [7, 11) is -2.21. The Morgan fingerprint density at radius 2 is 1.68 bits per heavy atom. The fourth-order valence-electron chi connectivity index (χ4n) is 6.27. The minimum atomic E-state index is -4.44. The van der Waals surface area contributed by atoms with E-state index >= 15 is 0 Å². The van der Waals surface area contributed by atoms with E-state index in [1.54, 1.807) is 0 Å².